The van der Waals surface area contributed by atoms with E-state index in [4.69, 9.17) is 0 Å². The minimum absolute atomic E-state index is 0.0367. The van der Waals surface area contributed by atoms with E-state index in [9.17, 15) is 9.59 Å². The van der Waals surface area contributed by atoms with Gasteiger partial charge in [-0.05, 0) is 29.3 Å². The molecule has 0 radical (unpaired) electrons. The van der Waals surface area contributed by atoms with Crippen LogP contribution in [-0.4, -0.2) is 27.7 Å². The van der Waals surface area contributed by atoms with Crippen LogP contribution in [0.15, 0.2) is 42.5 Å². The van der Waals surface area contributed by atoms with Crippen molar-refractivity contribution in [3.63, 3.8) is 0 Å². The summed E-state index contributed by atoms with van der Waals surface area (Å²) < 4.78 is 0. The molecule has 1 fully saturated rings. The molecule has 22 heavy (non-hydrogen) atoms. The molecule has 0 spiro atoms. The summed E-state index contributed by atoms with van der Waals surface area (Å²) in [5.41, 5.74) is 1.14. The number of hydrogen-bond donors (Lipinski definition) is 0. The molecule has 1 aliphatic heterocycles. The van der Waals surface area contributed by atoms with Crippen molar-refractivity contribution < 1.29 is 9.59 Å². The van der Waals surface area contributed by atoms with Gasteiger partial charge in [0.15, 0.2) is 5.12 Å². The second-order valence-corrected chi connectivity index (χ2v) is 7.24. The maximum atomic E-state index is 12.2. The van der Waals surface area contributed by atoms with Gasteiger partial charge in [0.2, 0.25) is 5.91 Å². The summed E-state index contributed by atoms with van der Waals surface area (Å²) in [5.74, 6) is 0.138. The molecule has 1 heterocycles. The van der Waals surface area contributed by atoms with Crippen molar-refractivity contribution in [3.8, 4) is 0 Å². The molecule has 1 saturated heterocycles. The Morgan fingerprint density at radius 3 is 2.68 bits per heavy atom. The monoisotopic (exact) mass is 313 g/mol. The summed E-state index contributed by atoms with van der Waals surface area (Å²) in [4.78, 5) is 25.4. The standard InChI is InChI=1S/C18H19NO2S/c1-12(19-11-17(10-18(19)21)22-13(2)20)15-8-7-14-5-3-4-6-16(14)9-15/h3-9,12,17H,10-11H2,1-2H3. The summed E-state index contributed by atoms with van der Waals surface area (Å²) >= 11 is 1.28. The van der Waals surface area contributed by atoms with Crippen LogP contribution in [0.2, 0.25) is 0 Å². The van der Waals surface area contributed by atoms with Crippen molar-refractivity contribution >= 4 is 33.6 Å². The Kier molecular flexibility index (Phi) is 4.21. The van der Waals surface area contributed by atoms with Crippen LogP contribution >= 0.6 is 11.8 Å². The number of benzene rings is 2. The Bertz CT molecular complexity index is 728. The zero-order valence-electron chi connectivity index (χ0n) is 12.8. The Balaban J connectivity index is 1.81. The van der Waals surface area contributed by atoms with E-state index in [-0.39, 0.29) is 22.3 Å². The highest BCUT2D eigenvalue weighted by molar-refractivity contribution is 8.14. The van der Waals surface area contributed by atoms with Gasteiger partial charge in [-0.25, -0.2) is 0 Å². The fraction of sp³-hybridized carbons (Fsp3) is 0.333. The minimum atomic E-state index is 0.0367. The van der Waals surface area contributed by atoms with Gasteiger partial charge in [0.1, 0.15) is 0 Å². The average molecular weight is 313 g/mol. The molecule has 2 aromatic rings. The molecule has 114 valence electrons. The summed E-state index contributed by atoms with van der Waals surface area (Å²) in [6, 6.07) is 14.6. The number of carbonyl (C=O) groups is 2. The van der Waals surface area contributed by atoms with Crippen molar-refractivity contribution in [1.29, 1.82) is 0 Å². The third-order valence-corrected chi connectivity index (χ3v) is 5.16. The highest BCUT2D eigenvalue weighted by Crippen LogP contribution is 2.32. The van der Waals surface area contributed by atoms with E-state index in [0.29, 0.717) is 13.0 Å². The van der Waals surface area contributed by atoms with Crippen molar-refractivity contribution in [2.75, 3.05) is 6.54 Å². The Morgan fingerprint density at radius 1 is 1.23 bits per heavy atom. The van der Waals surface area contributed by atoms with E-state index >= 15 is 0 Å². The first-order chi connectivity index (χ1) is 10.5. The van der Waals surface area contributed by atoms with Crippen LogP contribution in [0.1, 0.15) is 31.9 Å². The molecule has 2 aromatic carbocycles. The van der Waals surface area contributed by atoms with Crippen molar-refractivity contribution in [2.45, 2.75) is 31.6 Å². The van der Waals surface area contributed by atoms with E-state index in [1.165, 1.54) is 22.5 Å². The largest absolute Gasteiger partial charge is 0.335 e. The van der Waals surface area contributed by atoms with E-state index in [1.807, 2.05) is 17.0 Å². The van der Waals surface area contributed by atoms with Gasteiger partial charge in [-0.3, -0.25) is 9.59 Å². The molecule has 4 heteroatoms. The van der Waals surface area contributed by atoms with Crippen LogP contribution < -0.4 is 0 Å². The highest BCUT2D eigenvalue weighted by Gasteiger charge is 2.34. The topological polar surface area (TPSA) is 37.4 Å². The molecule has 0 aliphatic carbocycles. The maximum absolute atomic E-state index is 12.2. The fourth-order valence-electron chi connectivity index (χ4n) is 3.03. The number of fused-ring (bicyclic) bond motifs is 1. The van der Waals surface area contributed by atoms with E-state index in [0.717, 1.165) is 5.56 Å². The van der Waals surface area contributed by atoms with Gasteiger partial charge < -0.3 is 4.90 Å². The number of rotatable bonds is 3. The minimum Gasteiger partial charge on any atom is -0.335 e. The van der Waals surface area contributed by atoms with Crippen LogP contribution in [0.5, 0.6) is 0 Å². The smallest absolute Gasteiger partial charge is 0.224 e. The molecule has 0 bridgehead atoms. The number of hydrogen-bond acceptors (Lipinski definition) is 3. The molecule has 3 rings (SSSR count). The van der Waals surface area contributed by atoms with Crippen molar-refractivity contribution in [2.24, 2.45) is 0 Å². The van der Waals surface area contributed by atoms with Gasteiger partial charge in [-0.2, -0.15) is 0 Å². The molecule has 2 atom stereocenters. The highest BCUT2D eigenvalue weighted by atomic mass is 32.2. The molecule has 0 N–H and O–H groups in total. The van der Waals surface area contributed by atoms with Crippen LogP contribution in [0.4, 0.5) is 0 Å². The average Bonchev–Trinajstić information content (AvgIpc) is 2.85. The SMILES string of the molecule is CC(=O)SC1CC(=O)N(C(C)c2ccc3ccccc3c2)C1. The third-order valence-electron chi connectivity index (χ3n) is 4.18. The van der Waals surface area contributed by atoms with Crippen molar-refractivity contribution in [1.82, 2.24) is 4.90 Å². The lowest BCUT2D eigenvalue weighted by atomic mass is 10.0. The number of thioether (sulfide) groups is 1. The number of nitrogens with zero attached hydrogens (tertiary/aromatic N) is 1. The van der Waals surface area contributed by atoms with E-state index < -0.39 is 0 Å². The first-order valence-corrected chi connectivity index (χ1v) is 8.38. The molecule has 2 unspecified atom stereocenters. The molecule has 3 nitrogen and oxygen atoms in total. The Labute approximate surface area is 134 Å². The first-order valence-electron chi connectivity index (χ1n) is 7.50. The molecule has 0 aromatic heterocycles. The zero-order chi connectivity index (χ0) is 15.7. The normalized spacial score (nSPS) is 19.6. The maximum Gasteiger partial charge on any atom is 0.224 e. The lowest BCUT2D eigenvalue weighted by Crippen LogP contribution is -2.28. The van der Waals surface area contributed by atoms with Crippen molar-refractivity contribution in [3.05, 3.63) is 48.0 Å². The number of carbonyl (C=O) groups excluding carboxylic acids is 2. The Morgan fingerprint density at radius 2 is 1.95 bits per heavy atom. The fourth-order valence-corrected chi connectivity index (χ4v) is 3.96. The van der Waals surface area contributed by atoms with Gasteiger partial charge in [0, 0.05) is 25.1 Å². The van der Waals surface area contributed by atoms with Gasteiger partial charge in [0.05, 0.1) is 6.04 Å². The molecular weight excluding hydrogens is 294 g/mol. The lowest BCUT2D eigenvalue weighted by Gasteiger charge is -2.25. The van der Waals surface area contributed by atoms with Crippen LogP contribution in [0, 0.1) is 0 Å². The van der Waals surface area contributed by atoms with Gasteiger partial charge in [-0.1, -0.05) is 48.2 Å². The van der Waals surface area contributed by atoms with E-state index in [2.05, 4.69) is 37.3 Å². The van der Waals surface area contributed by atoms with Crippen LogP contribution in [0.25, 0.3) is 10.8 Å². The van der Waals surface area contributed by atoms with Gasteiger partial charge in [-0.15, -0.1) is 0 Å². The van der Waals surface area contributed by atoms with E-state index in [1.54, 1.807) is 6.92 Å². The molecular formula is C18H19NO2S. The number of amides is 1. The quantitative estimate of drug-likeness (QED) is 0.865. The van der Waals surface area contributed by atoms with Crippen LogP contribution in [-0.2, 0) is 9.59 Å². The molecule has 1 aliphatic rings. The third kappa shape index (κ3) is 3.02. The lowest BCUT2D eigenvalue weighted by molar-refractivity contribution is -0.129. The Hall–Kier alpha value is -1.81. The summed E-state index contributed by atoms with van der Waals surface area (Å²) in [5, 5.41) is 2.57. The summed E-state index contributed by atoms with van der Waals surface area (Å²) in [6.45, 7) is 4.27. The summed E-state index contributed by atoms with van der Waals surface area (Å²) in [7, 11) is 0. The molecule has 1 amide bonds. The zero-order valence-corrected chi connectivity index (χ0v) is 13.6. The first kappa shape index (κ1) is 15.1. The van der Waals surface area contributed by atoms with Gasteiger partial charge >= 0.3 is 0 Å². The second-order valence-electron chi connectivity index (χ2n) is 5.76. The van der Waals surface area contributed by atoms with Crippen LogP contribution in [0.3, 0.4) is 0 Å². The van der Waals surface area contributed by atoms with Gasteiger partial charge in [0.25, 0.3) is 0 Å². The summed E-state index contributed by atoms with van der Waals surface area (Å²) in [6.07, 6.45) is 0.460. The predicted molar refractivity (Wildman–Crippen MR) is 90.8 cm³/mol. The predicted octanol–water partition coefficient (Wildman–Crippen LogP) is 3.78. The second kappa shape index (κ2) is 6.13. The molecule has 0 saturated carbocycles. The number of likely N-dealkylation sites (tertiary alicyclic amines) is 1.